The second-order valence-corrected chi connectivity index (χ2v) is 9.02. The monoisotopic (exact) mass is 522 g/mol. The second kappa shape index (κ2) is 12.2. The Bertz CT molecular complexity index is 1060. The van der Waals surface area contributed by atoms with Gasteiger partial charge in [0, 0.05) is 43.2 Å². The molecule has 3 rings (SSSR count). The summed E-state index contributed by atoms with van der Waals surface area (Å²) in [6.45, 7) is 7.03. The molecule has 10 heteroatoms. The Morgan fingerprint density at radius 3 is 2.44 bits per heavy atom. The summed E-state index contributed by atoms with van der Waals surface area (Å²) in [5.41, 5.74) is 1.93. The number of carbonyl (C=O) groups excluding carboxylic acids is 2. The molecule has 7 nitrogen and oxygen atoms in total. The van der Waals surface area contributed by atoms with E-state index in [9.17, 15) is 9.59 Å². The van der Waals surface area contributed by atoms with E-state index < -0.39 is 5.91 Å². The van der Waals surface area contributed by atoms with Gasteiger partial charge in [0.15, 0.2) is 5.11 Å². The Hall–Kier alpha value is -2.55. The van der Waals surface area contributed by atoms with Crippen molar-refractivity contribution < 1.29 is 14.3 Å². The van der Waals surface area contributed by atoms with Crippen LogP contribution in [-0.4, -0.2) is 54.6 Å². The molecule has 2 aromatic carbocycles. The number of piperazine rings is 1. The average molecular weight is 523 g/mol. The molecule has 2 amide bonds. The van der Waals surface area contributed by atoms with Gasteiger partial charge in [-0.2, -0.15) is 0 Å². The maximum Gasteiger partial charge on any atom is 0.257 e. The molecular weight excluding hydrogens is 495 g/mol. The van der Waals surface area contributed by atoms with E-state index in [1.807, 2.05) is 24.8 Å². The summed E-state index contributed by atoms with van der Waals surface area (Å²) in [5, 5.41) is 6.78. The Morgan fingerprint density at radius 2 is 1.79 bits per heavy atom. The molecule has 0 spiro atoms. The van der Waals surface area contributed by atoms with Crippen LogP contribution in [0.3, 0.4) is 0 Å². The Morgan fingerprint density at radius 1 is 1.06 bits per heavy atom. The number of nitrogens with zero attached hydrogens (tertiary/aromatic N) is 2. The summed E-state index contributed by atoms with van der Waals surface area (Å²) in [4.78, 5) is 28.9. The van der Waals surface area contributed by atoms with Crippen molar-refractivity contribution in [2.24, 2.45) is 0 Å². The van der Waals surface area contributed by atoms with Crippen molar-refractivity contribution in [1.82, 2.24) is 10.2 Å². The van der Waals surface area contributed by atoms with Gasteiger partial charge < -0.3 is 19.9 Å². The predicted molar refractivity (Wildman–Crippen MR) is 141 cm³/mol. The summed E-state index contributed by atoms with van der Waals surface area (Å²) >= 11 is 17.8. The number of hydrogen-bond donors (Lipinski definition) is 2. The molecule has 182 valence electrons. The molecule has 0 atom stereocenters. The smallest absolute Gasteiger partial charge is 0.257 e. The van der Waals surface area contributed by atoms with Gasteiger partial charge in [0.2, 0.25) is 5.91 Å². The van der Waals surface area contributed by atoms with Crippen molar-refractivity contribution in [3.8, 4) is 5.75 Å². The van der Waals surface area contributed by atoms with Crippen molar-refractivity contribution >= 4 is 63.7 Å². The quantitative estimate of drug-likeness (QED) is 0.500. The first-order chi connectivity index (χ1) is 16.3. The molecule has 0 unspecified atom stereocenters. The van der Waals surface area contributed by atoms with Gasteiger partial charge in [0.1, 0.15) is 5.75 Å². The van der Waals surface area contributed by atoms with Crippen LogP contribution in [0, 0.1) is 0 Å². The van der Waals surface area contributed by atoms with Gasteiger partial charge in [-0.1, -0.05) is 30.1 Å². The second-order valence-electron chi connectivity index (χ2n) is 7.77. The highest BCUT2D eigenvalue weighted by atomic mass is 35.5. The van der Waals surface area contributed by atoms with Gasteiger partial charge in [0.25, 0.3) is 5.91 Å². The fraction of sp³-hybridized carbons (Fsp3) is 0.375. The molecule has 34 heavy (non-hydrogen) atoms. The fourth-order valence-electron chi connectivity index (χ4n) is 3.70. The van der Waals surface area contributed by atoms with Gasteiger partial charge in [-0.25, -0.2) is 0 Å². The molecular formula is C24H28Cl2N4O3S. The van der Waals surface area contributed by atoms with Crippen LogP contribution in [-0.2, 0) is 4.79 Å². The molecule has 1 heterocycles. The zero-order valence-corrected chi connectivity index (χ0v) is 21.5. The lowest BCUT2D eigenvalue weighted by atomic mass is 10.2. The number of carbonyl (C=O) groups is 2. The predicted octanol–water partition coefficient (Wildman–Crippen LogP) is 4.97. The van der Waals surface area contributed by atoms with Crippen LogP contribution < -0.4 is 20.3 Å². The summed E-state index contributed by atoms with van der Waals surface area (Å²) < 4.78 is 5.40. The van der Waals surface area contributed by atoms with Crippen LogP contribution in [0.25, 0.3) is 0 Å². The normalized spacial score (nSPS) is 13.4. The van der Waals surface area contributed by atoms with Crippen LogP contribution in [0.4, 0.5) is 11.4 Å². The number of halogens is 2. The lowest BCUT2D eigenvalue weighted by molar-refractivity contribution is -0.131. The number of nitrogens with one attached hydrogen (secondary N) is 2. The van der Waals surface area contributed by atoms with Crippen LogP contribution >= 0.6 is 35.4 Å². The summed E-state index contributed by atoms with van der Waals surface area (Å²) in [5.74, 6) is 0.311. The topological polar surface area (TPSA) is 73.9 Å². The van der Waals surface area contributed by atoms with E-state index in [1.54, 1.807) is 24.3 Å². The number of amides is 2. The van der Waals surface area contributed by atoms with Gasteiger partial charge in [-0.05, 0) is 62.0 Å². The van der Waals surface area contributed by atoms with Crippen molar-refractivity contribution in [2.45, 2.75) is 26.7 Å². The Kier molecular flexibility index (Phi) is 9.38. The van der Waals surface area contributed by atoms with Crippen LogP contribution in [0.2, 0.25) is 10.0 Å². The van der Waals surface area contributed by atoms with Gasteiger partial charge in [0.05, 0.1) is 23.0 Å². The zero-order chi connectivity index (χ0) is 24.7. The fourth-order valence-corrected chi connectivity index (χ4v) is 4.31. The molecule has 2 N–H and O–H groups in total. The number of benzene rings is 2. The molecule has 1 saturated heterocycles. The first kappa shape index (κ1) is 26.1. The van der Waals surface area contributed by atoms with Crippen molar-refractivity contribution in [2.75, 3.05) is 43.0 Å². The lowest BCUT2D eigenvalue weighted by Crippen LogP contribution is -2.49. The van der Waals surface area contributed by atoms with Gasteiger partial charge in [-0.15, -0.1) is 0 Å². The van der Waals surface area contributed by atoms with Crippen molar-refractivity contribution in [3.63, 3.8) is 0 Å². The van der Waals surface area contributed by atoms with Crippen LogP contribution in [0.5, 0.6) is 5.75 Å². The van der Waals surface area contributed by atoms with E-state index in [1.165, 1.54) is 6.07 Å². The lowest BCUT2D eigenvalue weighted by Gasteiger charge is -2.37. The van der Waals surface area contributed by atoms with Crippen molar-refractivity contribution in [3.05, 3.63) is 52.0 Å². The number of thiocarbonyl (C=S) groups is 1. The SMILES string of the molecule is CCCC(=O)N1CCN(c2ccc(Cl)cc2NC(=S)NC(=O)c2ccc(OCC)c(Cl)c2)CC1. The minimum Gasteiger partial charge on any atom is -0.492 e. The number of rotatable bonds is 7. The van der Waals surface area contributed by atoms with Gasteiger partial charge >= 0.3 is 0 Å². The number of hydrogen-bond acceptors (Lipinski definition) is 5. The van der Waals surface area contributed by atoms with E-state index in [-0.39, 0.29) is 11.0 Å². The summed E-state index contributed by atoms with van der Waals surface area (Å²) in [6, 6.07) is 10.3. The first-order valence-electron chi connectivity index (χ1n) is 11.2. The molecule has 1 aliphatic heterocycles. The first-order valence-corrected chi connectivity index (χ1v) is 12.4. The highest BCUT2D eigenvalue weighted by Crippen LogP contribution is 2.30. The third kappa shape index (κ3) is 6.74. The maximum atomic E-state index is 12.7. The molecule has 0 bridgehead atoms. The third-order valence-corrected chi connectivity index (χ3v) is 6.10. The molecule has 0 aromatic heterocycles. The van der Waals surface area contributed by atoms with Crippen LogP contribution in [0.15, 0.2) is 36.4 Å². The molecule has 2 aromatic rings. The Labute approximate surface area is 215 Å². The molecule has 0 aliphatic carbocycles. The van der Waals surface area contributed by atoms with Crippen LogP contribution in [0.1, 0.15) is 37.0 Å². The van der Waals surface area contributed by atoms with E-state index >= 15 is 0 Å². The van der Waals surface area contributed by atoms with E-state index in [0.717, 1.165) is 12.1 Å². The van der Waals surface area contributed by atoms with Gasteiger partial charge in [-0.3, -0.25) is 14.9 Å². The average Bonchev–Trinajstić information content (AvgIpc) is 2.81. The summed E-state index contributed by atoms with van der Waals surface area (Å²) in [7, 11) is 0. The molecule has 1 aliphatic rings. The highest BCUT2D eigenvalue weighted by molar-refractivity contribution is 7.80. The third-order valence-electron chi connectivity index (χ3n) is 5.36. The van der Waals surface area contributed by atoms with E-state index in [2.05, 4.69) is 15.5 Å². The minimum absolute atomic E-state index is 0.135. The van der Waals surface area contributed by atoms with E-state index in [0.29, 0.717) is 66.3 Å². The maximum absolute atomic E-state index is 12.7. The standard InChI is InChI=1S/C24H28Cl2N4O3S/c1-3-5-22(31)30-12-10-29(11-13-30)20-8-7-17(25)15-19(20)27-24(34)28-23(32)16-6-9-21(33-4-2)18(26)14-16/h6-9,14-15H,3-5,10-13H2,1-2H3,(H2,27,28,32,34). The number of ether oxygens (including phenoxy) is 1. The molecule has 0 radical (unpaired) electrons. The van der Waals surface area contributed by atoms with E-state index in [4.69, 9.17) is 40.2 Å². The largest absolute Gasteiger partial charge is 0.492 e. The molecule has 0 saturated carbocycles. The summed E-state index contributed by atoms with van der Waals surface area (Å²) in [6.07, 6.45) is 1.41. The molecule has 1 fully saturated rings. The van der Waals surface area contributed by atoms with Crippen molar-refractivity contribution in [1.29, 1.82) is 0 Å². The minimum atomic E-state index is -0.394. The Balaban J connectivity index is 1.66. The highest BCUT2D eigenvalue weighted by Gasteiger charge is 2.23. The zero-order valence-electron chi connectivity index (χ0n) is 19.2. The number of anilines is 2.